The second kappa shape index (κ2) is 6.86. The van der Waals surface area contributed by atoms with Gasteiger partial charge in [0, 0.05) is 28.9 Å². The lowest BCUT2D eigenvalue weighted by Gasteiger charge is -2.31. The van der Waals surface area contributed by atoms with Crippen LogP contribution in [0.2, 0.25) is 5.02 Å². The first-order valence-corrected chi connectivity index (χ1v) is 10.7. The van der Waals surface area contributed by atoms with Crippen molar-refractivity contribution in [3.05, 3.63) is 87.8 Å². The van der Waals surface area contributed by atoms with Crippen molar-refractivity contribution in [1.29, 1.82) is 0 Å². The van der Waals surface area contributed by atoms with Gasteiger partial charge in [0.25, 0.3) is 15.9 Å². The molecule has 0 saturated heterocycles. The van der Waals surface area contributed by atoms with Crippen molar-refractivity contribution >= 4 is 33.1 Å². The summed E-state index contributed by atoms with van der Waals surface area (Å²) in [4.78, 5) is 13.6. The Hall–Kier alpha value is -2.90. The molecule has 0 aliphatic carbocycles. The van der Waals surface area contributed by atoms with E-state index in [2.05, 4.69) is 5.10 Å². The van der Waals surface area contributed by atoms with Crippen molar-refractivity contribution in [2.75, 3.05) is 7.05 Å². The highest BCUT2D eigenvalue weighted by Crippen LogP contribution is 2.41. The molecule has 0 saturated carbocycles. The maximum Gasteiger partial charge on any atom is 0.296 e. The predicted octanol–water partition coefficient (Wildman–Crippen LogP) is 3.89. The Morgan fingerprint density at radius 1 is 1.03 bits per heavy atom. The van der Waals surface area contributed by atoms with Gasteiger partial charge in [0.2, 0.25) is 0 Å². The van der Waals surface area contributed by atoms with E-state index in [1.807, 2.05) is 30.3 Å². The average Bonchev–Trinajstić information content (AvgIpc) is 3.02. The summed E-state index contributed by atoms with van der Waals surface area (Å²) in [6.07, 6.45) is 0. The lowest BCUT2D eigenvalue weighted by atomic mass is 9.95. The van der Waals surface area contributed by atoms with Crippen LogP contribution in [0.5, 0.6) is 0 Å². The molecule has 8 heteroatoms. The zero-order valence-electron chi connectivity index (χ0n) is 16.0. The van der Waals surface area contributed by atoms with Crippen LogP contribution >= 0.6 is 11.6 Å². The first kappa shape index (κ1) is 19.4. The van der Waals surface area contributed by atoms with E-state index in [9.17, 15) is 13.2 Å². The van der Waals surface area contributed by atoms with Crippen molar-refractivity contribution in [2.24, 2.45) is 0 Å². The van der Waals surface area contributed by atoms with Crippen LogP contribution in [0.25, 0.3) is 5.57 Å². The van der Waals surface area contributed by atoms with Gasteiger partial charge in [0.15, 0.2) is 0 Å². The Morgan fingerprint density at radius 2 is 1.72 bits per heavy atom. The summed E-state index contributed by atoms with van der Waals surface area (Å²) in [6.45, 7) is 3.53. The van der Waals surface area contributed by atoms with Crippen LogP contribution in [0.15, 0.2) is 65.2 Å². The Kier molecular flexibility index (Phi) is 4.59. The second-order valence-corrected chi connectivity index (χ2v) is 9.22. The van der Waals surface area contributed by atoms with Crippen LogP contribution in [0, 0.1) is 13.8 Å². The normalized spacial score (nSPS) is 15.4. The van der Waals surface area contributed by atoms with Crippen molar-refractivity contribution in [1.82, 2.24) is 14.1 Å². The molecule has 0 bridgehead atoms. The highest BCUT2D eigenvalue weighted by molar-refractivity contribution is 7.89. The molecule has 1 aromatic heterocycles. The molecule has 4 rings (SSSR count). The quantitative estimate of drug-likeness (QED) is 0.622. The van der Waals surface area contributed by atoms with Crippen LogP contribution in [0.4, 0.5) is 0 Å². The first-order valence-electron chi connectivity index (χ1n) is 8.88. The van der Waals surface area contributed by atoms with Crippen molar-refractivity contribution < 1.29 is 13.2 Å². The van der Waals surface area contributed by atoms with E-state index >= 15 is 0 Å². The molecule has 0 atom stereocenters. The summed E-state index contributed by atoms with van der Waals surface area (Å²) < 4.78 is 28.7. The number of hydrogen-bond acceptors (Lipinski definition) is 4. The summed E-state index contributed by atoms with van der Waals surface area (Å²) in [7, 11) is -2.55. The van der Waals surface area contributed by atoms with Gasteiger partial charge in [-0.25, -0.2) is 8.42 Å². The van der Waals surface area contributed by atoms with Crippen LogP contribution in [-0.4, -0.2) is 35.5 Å². The van der Waals surface area contributed by atoms with E-state index in [1.165, 1.54) is 23.9 Å². The maximum absolute atomic E-state index is 13.5. The fourth-order valence-electron chi connectivity index (χ4n) is 3.55. The molecule has 1 aliphatic rings. The topological polar surface area (TPSA) is 72.3 Å². The number of carbonyl (C=O) groups is 1. The zero-order chi connectivity index (χ0) is 20.9. The van der Waals surface area contributed by atoms with Crippen molar-refractivity contribution in [3.8, 4) is 0 Å². The molecule has 0 spiro atoms. The maximum atomic E-state index is 13.5. The third-order valence-electron chi connectivity index (χ3n) is 4.87. The molecular formula is C21H18ClN3O3S. The molecule has 2 aromatic carbocycles. The SMILES string of the molecule is Cc1cc(C)n(C(=O)C2=C(c3ccccc3)c3cc(Cl)ccc3S(=O)(=O)N2C)n1. The third kappa shape index (κ3) is 3.07. The number of fused-ring (bicyclic) bond motifs is 1. The molecule has 29 heavy (non-hydrogen) atoms. The minimum Gasteiger partial charge on any atom is -0.265 e. The van der Waals surface area contributed by atoms with Gasteiger partial charge >= 0.3 is 0 Å². The molecule has 0 fully saturated rings. The fraction of sp³-hybridized carbons (Fsp3) is 0.143. The number of sulfonamides is 1. The summed E-state index contributed by atoms with van der Waals surface area (Å²) >= 11 is 6.20. The van der Waals surface area contributed by atoms with Gasteiger partial charge in [-0.3, -0.25) is 9.10 Å². The first-order chi connectivity index (χ1) is 13.7. The molecule has 148 valence electrons. The van der Waals surface area contributed by atoms with E-state index in [4.69, 9.17) is 11.6 Å². The van der Waals surface area contributed by atoms with E-state index < -0.39 is 15.9 Å². The number of halogens is 1. The number of likely N-dealkylation sites (N-methyl/N-ethyl adjacent to an activating group) is 1. The highest BCUT2D eigenvalue weighted by Gasteiger charge is 2.39. The zero-order valence-corrected chi connectivity index (χ0v) is 17.6. The molecule has 0 N–H and O–H groups in total. The van der Waals surface area contributed by atoms with E-state index in [0.717, 1.165) is 4.31 Å². The van der Waals surface area contributed by atoms with Crippen LogP contribution < -0.4 is 0 Å². The summed E-state index contributed by atoms with van der Waals surface area (Å²) in [5.74, 6) is -0.522. The van der Waals surface area contributed by atoms with Crippen LogP contribution in [0.3, 0.4) is 0 Å². The highest BCUT2D eigenvalue weighted by atomic mass is 35.5. The average molecular weight is 428 g/mol. The fourth-order valence-corrected chi connectivity index (χ4v) is 5.10. The Balaban J connectivity index is 2.11. The molecular weight excluding hydrogens is 410 g/mol. The predicted molar refractivity (Wildman–Crippen MR) is 111 cm³/mol. The second-order valence-electron chi connectivity index (χ2n) is 6.85. The smallest absolute Gasteiger partial charge is 0.265 e. The summed E-state index contributed by atoms with van der Waals surface area (Å²) in [5.41, 5.74) is 2.92. The Labute approximate surface area is 174 Å². The van der Waals surface area contributed by atoms with Gasteiger partial charge in [-0.1, -0.05) is 41.9 Å². The van der Waals surface area contributed by atoms with Gasteiger partial charge in [0.1, 0.15) is 5.70 Å². The molecule has 3 aromatic rings. The van der Waals surface area contributed by atoms with Crippen LogP contribution in [0.1, 0.15) is 27.3 Å². The number of aromatic nitrogens is 2. The number of nitrogens with zero attached hydrogens (tertiary/aromatic N) is 3. The number of rotatable bonds is 2. The van der Waals surface area contributed by atoms with Gasteiger partial charge in [-0.15, -0.1) is 0 Å². The molecule has 0 unspecified atom stereocenters. The van der Waals surface area contributed by atoms with Gasteiger partial charge in [-0.2, -0.15) is 9.78 Å². The van der Waals surface area contributed by atoms with Crippen molar-refractivity contribution in [3.63, 3.8) is 0 Å². The van der Waals surface area contributed by atoms with E-state index in [-0.39, 0.29) is 10.6 Å². The molecule has 0 amide bonds. The van der Waals surface area contributed by atoms with E-state index in [1.54, 1.807) is 26.0 Å². The summed E-state index contributed by atoms with van der Waals surface area (Å²) in [6, 6.07) is 15.5. The number of hydrogen-bond donors (Lipinski definition) is 0. The van der Waals surface area contributed by atoms with Crippen molar-refractivity contribution in [2.45, 2.75) is 18.7 Å². The number of carbonyl (C=O) groups excluding carboxylic acids is 1. The van der Waals surface area contributed by atoms with Gasteiger partial charge < -0.3 is 0 Å². The lowest BCUT2D eigenvalue weighted by molar-refractivity contribution is 0.0918. The Morgan fingerprint density at radius 3 is 2.34 bits per heavy atom. The minimum absolute atomic E-state index is 0.0252. The minimum atomic E-state index is -3.93. The monoisotopic (exact) mass is 427 g/mol. The number of benzene rings is 2. The van der Waals surface area contributed by atoms with Gasteiger partial charge in [0.05, 0.1) is 10.6 Å². The van der Waals surface area contributed by atoms with Gasteiger partial charge in [-0.05, 0) is 43.7 Å². The third-order valence-corrected chi connectivity index (χ3v) is 6.92. The molecule has 6 nitrogen and oxygen atoms in total. The Bertz CT molecular complexity index is 1280. The van der Waals surface area contributed by atoms with E-state index in [0.29, 0.717) is 33.1 Å². The number of aryl methyl sites for hydroxylation is 2. The summed E-state index contributed by atoms with van der Waals surface area (Å²) in [5, 5.41) is 4.64. The lowest BCUT2D eigenvalue weighted by Crippen LogP contribution is -2.37. The molecule has 2 heterocycles. The van der Waals surface area contributed by atoms with Crippen LogP contribution in [-0.2, 0) is 10.0 Å². The standard InChI is InChI=1S/C21H18ClN3O3S/c1-13-11-14(2)25(23-13)21(26)20-19(15-7-5-4-6-8-15)17-12-16(22)9-10-18(17)29(27,28)24(20)3/h4-12H,1-3H3. The largest absolute Gasteiger partial charge is 0.296 e. The molecule has 1 aliphatic heterocycles. The molecule has 0 radical (unpaired) electrons. The number of allylic oxidation sites excluding steroid dienone is 1.